The number of hydrogen-bond donors (Lipinski definition) is 1. The van der Waals surface area contributed by atoms with Gasteiger partial charge >= 0.3 is 0 Å². The number of carbonyl (C=O) groups is 1. The molecule has 3 rings (SSSR count). The number of aryl methyl sites for hydroxylation is 1. The molecule has 0 radical (unpaired) electrons. The lowest BCUT2D eigenvalue weighted by atomic mass is 10.2. The fourth-order valence-electron chi connectivity index (χ4n) is 2.58. The van der Waals surface area contributed by atoms with Crippen LogP contribution in [0, 0.1) is 6.92 Å². The number of rotatable bonds is 4. The first kappa shape index (κ1) is 16.4. The average molecular weight is 341 g/mol. The molecule has 3 aromatic rings. The quantitative estimate of drug-likeness (QED) is 0.791. The van der Waals surface area contributed by atoms with Crippen LogP contribution in [0.25, 0.3) is 10.9 Å². The Balaban J connectivity index is 1.96. The van der Waals surface area contributed by atoms with Gasteiger partial charge in [-0.25, -0.2) is 4.98 Å². The normalized spacial score (nSPS) is 11.2. The van der Waals surface area contributed by atoms with Crippen molar-refractivity contribution in [3.63, 3.8) is 0 Å². The van der Waals surface area contributed by atoms with Gasteiger partial charge in [0.15, 0.2) is 0 Å². The van der Waals surface area contributed by atoms with E-state index in [9.17, 15) is 9.59 Å². The van der Waals surface area contributed by atoms with Crippen LogP contribution in [0.1, 0.15) is 34.9 Å². The summed E-state index contributed by atoms with van der Waals surface area (Å²) in [6, 6.07) is 9.13. The molecule has 6 heteroatoms. The number of nitrogens with one attached hydrogen (secondary N) is 1. The van der Waals surface area contributed by atoms with Crippen molar-refractivity contribution in [2.24, 2.45) is 0 Å². The van der Waals surface area contributed by atoms with Crippen LogP contribution in [0.4, 0.5) is 0 Å². The predicted molar refractivity (Wildman–Crippen MR) is 96.4 cm³/mol. The molecule has 0 aliphatic rings. The Morgan fingerprint density at radius 3 is 2.71 bits per heavy atom. The number of aromatic nitrogens is 2. The topological polar surface area (TPSA) is 66.1 Å². The van der Waals surface area contributed by atoms with E-state index in [0.29, 0.717) is 16.7 Å². The number of nitrogens with zero attached hydrogens (tertiary/aromatic N) is 2. The summed E-state index contributed by atoms with van der Waals surface area (Å²) in [7, 11) is 0. The number of hydrogen-bond acceptors (Lipinski definition) is 4. The lowest BCUT2D eigenvalue weighted by Crippen LogP contribution is -2.37. The largest absolute Gasteiger partial charge is 0.328 e. The van der Waals surface area contributed by atoms with Crippen LogP contribution in [-0.4, -0.2) is 26.8 Å². The second kappa shape index (κ2) is 6.57. The van der Waals surface area contributed by atoms with Crippen molar-refractivity contribution < 1.29 is 4.79 Å². The highest BCUT2D eigenvalue weighted by atomic mass is 32.1. The van der Waals surface area contributed by atoms with Gasteiger partial charge in [-0.05, 0) is 49.9 Å². The van der Waals surface area contributed by atoms with E-state index in [4.69, 9.17) is 0 Å². The minimum atomic E-state index is -0.181. The summed E-state index contributed by atoms with van der Waals surface area (Å²) in [5.74, 6) is 0.461. The molecule has 2 heterocycles. The summed E-state index contributed by atoms with van der Waals surface area (Å²) in [6.07, 6.45) is 0. The number of H-pyrrole nitrogens is 1. The predicted octanol–water partition coefficient (Wildman–Crippen LogP) is 3.34. The summed E-state index contributed by atoms with van der Waals surface area (Å²) >= 11 is 1.44. The molecule has 0 aliphatic heterocycles. The molecular formula is C18H19N3O2S. The van der Waals surface area contributed by atoms with Crippen molar-refractivity contribution >= 4 is 28.1 Å². The van der Waals surface area contributed by atoms with E-state index < -0.39 is 0 Å². The summed E-state index contributed by atoms with van der Waals surface area (Å²) in [5.41, 5.74) is 1.43. The van der Waals surface area contributed by atoms with Crippen LogP contribution in [-0.2, 0) is 6.54 Å². The third-order valence-corrected chi connectivity index (χ3v) is 4.93. The van der Waals surface area contributed by atoms with Gasteiger partial charge in [0.2, 0.25) is 0 Å². The van der Waals surface area contributed by atoms with Gasteiger partial charge in [-0.1, -0.05) is 12.1 Å². The van der Waals surface area contributed by atoms with Crippen molar-refractivity contribution in [1.82, 2.24) is 14.9 Å². The molecule has 0 saturated heterocycles. The average Bonchev–Trinajstić information content (AvgIpc) is 2.98. The number of benzene rings is 1. The molecule has 0 unspecified atom stereocenters. The highest BCUT2D eigenvalue weighted by Gasteiger charge is 2.22. The molecule has 24 heavy (non-hydrogen) atoms. The first-order chi connectivity index (χ1) is 11.5. The second-order valence-corrected chi connectivity index (χ2v) is 6.91. The van der Waals surface area contributed by atoms with Gasteiger partial charge < -0.3 is 9.88 Å². The molecule has 124 valence electrons. The first-order valence-corrected chi connectivity index (χ1v) is 8.68. The third-order valence-electron chi connectivity index (χ3n) is 3.92. The SMILES string of the molecule is Cc1ccsc1C(=O)N(Cc1nc2ccccc2c(=O)[nH]1)C(C)C. The van der Waals surface area contributed by atoms with Crippen LogP contribution in [0.5, 0.6) is 0 Å². The third kappa shape index (κ3) is 3.10. The Labute approximate surface area is 144 Å². The van der Waals surface area contributed by atoms with Gasteiger partial charge in [-0.15, -0.1) is 11.3 Å². The van der Waals surface area contributed by atoms with Crippen LogP contribution in [0.15, 0.2) is 40.5 Å². The number of carbonyl (C=O) groups excluding carboxylic acids is 1. The van der Waals surface area contributed by atoms with Crippen molar-refractivity contribution in [2.45, 2.75) is 33.4 Å². The Morgan fingerprint density at radius 2 is 2.04 bits per heavy atom. The highest BCUT2D eigenvalue weighted by molar-refractivity contribution is 7.12. The molecular weight excluding hydrogens is 322 g/mol. The molecule has 0 aliphatic carbocycles. The maximum Gasteiger partial charge on any atom is 0.264 e. The highest BCUT2D eigenvalue weighted by Crippen LogP contribution is 2.20. The minimum Gasteiger partial charge on any atom is -0.328 e. The molecule has 1 N–H and O–H groups in total. The van der Waals surface area contributed by atoms with E-state index in [1.54, 1.807) is 17.0 Å². The Kier molecular flexibility index (Phi) is 4.49. The second-order valence-electron chi connectivity index (χ2n) is 5.99. The molecule has 1 amide bonds. The summed E-state index contributed by atoms with van der Waals surface area (Å²) in [6.45, 7) is 6.12. The Hall–Kier alpha value is -2.47. The van der Waals surface area contributed by atoms with Gasteiger partial charge in [0.05, 0.1) is 22.3 Å². The van der Waals surface area contributed by atoms with Crippen molar-refractivity contribution in [1.29, 1.82) is 0 Å². The van der Waals surface area contributed by atoms with Gasteiger partial charge in [0.25, 0.3) is 11.5 Å². The fraction of sp³-hybridized carbons (Fsp3) is 0.278. The van der Waals surface area contributed by atoms with E-state index in [1.807, 2.05) is 44.4 Å². The zero-order valence-electron chi connectivity index (χ0n) is 13.9. The zero-order chi connectivity index (χ0) is 17.3. The van der Waals surface area contributed by atoms with Crippen LogP contribution in [0.2, 0.25) is 0 Å². The standard InChI is InChI=1S/C18H19N3O2S/c1-11(2)21(18(23)16-12(3)8-9-24-16)10-15-19-14-7-5-4-6-13(14)17(22)20-15/h4-9,11H,10H2,1-3H3,(H,19,20,22). The number of aromatic amines is 1. The molecule has 0 bridgehead atoms. The smallest absolute Gasteiger partial charge is 0.264 e. The molecule has 2 aromatic heterocycles. The van der Waals surface area contributed by atoms with Crippen molar-refractivity contribution in [3.05, 3.63) is 62.3 Å². The van der Waals surface area contributed by atoms with Gasteiger partial charge in [0.1, 0.15) is 5.82 Å². The van der Waals surface area contributed by atoms with Gasteiger partial charge in [-0.3, -0.25) is 9.59 Å². The summed E-state index contributed by atoms with van der Waals surface area (Å²) in [5, 5.41) is 2.47. The van der Waals surface area contributed by atoms with E-state index in [-0.39, 0.29) is 24.1 Å². The molecule has 1 aromatic carbocycles. The molecule has 5 nitrogen and oxygen atoms in total. The van der Waals surface area contributed by atoms with Gasteiger partial charge in [0, 0.05) is 6.04 Å². The monoisotopic (exact) mass is 341 g/mol. The number of thiophene rings is 1. The molecule has 0 fully saturated rings. The van der Waals surface area contributed by atoms with E-state index in [2.05, 4.69) is 9.97 Å². The lowest BCUT2D eigenvalue weighted by Gasteiger charge is -2.26. The van der Waals surface area contributed by atoms with E-state index >= 15 is 0 Å². The lowest BCUT2D eigenvalue weighted by molar-refractivity contribution is 0.0689. The maximum atomic E-state index is 12.8. The fourth-order valence-corrected chi connectivity index (χ4v) is 3.46. The Bertz CT molecular complexity index is 943. The van der Waals surface area contributed by atoms with Crippen LogP contribution in [0.3, 0.4) is 0 Å². The molecule has 0 atom stereocenters. The van der Waals surface area contributed by atoms with Crippen LogP contribution < -0.4 is 5.56 Å². The number of amides is 1. The molecule has 0 saturated carbocycles. The number of para-hydroxylation sites is 1. The van der Waals surface area contributed by atoms with E-state index in [0.717, 1.165) is 10.4 Å². The Morgan fingerprint density at radius 1 is 1.29 bits per heavy atom. The van der Waals surface area contributed by atoms with Crippen molar-refractivity contribution in [2.75, 3.05) is 0 Å². The van der Waals surface area contributed by atoms with Crippen molar-refractivity contribution in [3.8, 4) is 0 Å². The summed E-state index contributed by atoms with van der Waals surface area (Å²) < 4.78 is 0. The zero-order valence-corrected chi connectivity index (χ0v) is 14.7. The van der Waals surface area contributed by atoms with Crippen LogP contribution >= 0.6 is 11.3 Å². The maximum absolute atomic E-state index is 12.8. The first-order valence-electron chi connectivity index (χ1n) is 7.80. The number of fused-ring (bicyclic) bond motifs is 1. The van der Waals surface area contributed by atoms with Gasteiger partial charge in [-0.2, -0.15) is 0 Å². The summed E-state index contributed by atoms with van der Waals surface area (Å²) in [4.78, 5) is 34.8. The minimum absolute atomic E-state index is 0.00391. The van der Waals surface area contributed by atoms with E-state index in [1.165, 1.54) is 11.3 Å². The molecule has 0 spiro atoms.